The van der Waals surface area contributed by atoms with Crippen LogP contribution in [-0.4, -0.2) is 29.2 Å². The summed E-state index contributed by atoms with van der Waals surface area (Å²) in [7, 11) is 0. The lowest BCUT2D eigenvalue weighted by molar-refractivity contribution is -0.153. The molecule has 0 bridgehead atoms. The van der Waals surface area contributed by atoms with Gasteiger partial charge in [-0.3, -0.25) is 0 Å². The van der Waals surface area contributed by atoms with Crippen molar-refractivity contribution in [3.63, 3.8) is 0 Å². The van der Waals surface area contributed by atoms with Crippen LogP contribution in [0.15, 0.2) is 0 Å². The molecular formula is C15H30O3. The predicted molar refractivity (Wildman–Crippen MR) is 73.2 cm³/mol. The number of unbranched alkanes of at least 4 members (excludes halogenated alkanes) is 1. The molecule has 1 saturated carbocycles. The zero-order valence-corrected chi connectivity index (χ0v) is 12.0. The summed E-state index contributed by atoms with van der Waals surface area (Å²) in [4.78, 5) is 0. The summed E-state index contributed by atoms with van der Waals surface area (Å²) in [6.45, 7) is 5.07. The van der Waals surface area contributed by atoms with Crippen molar-refractivity contribution in [3.8, 4) is 0 Å². The molecule has 2 N–H and O–H groups in total. The molecule has 1 rings (SSSR count). The molecule has 0 aromatic carbocycles. The Balaban J connectivity index is 2.20. The summed E-state index contributed by atoms with van der Waals surface area (Å²) < 4.78 is 5.64. The van der Waals surface area contributed by atoms with Gasteiger partial charge in [0.1, 0.15) is 0 Å². The molecule has 1 fully saturated rings. The normalized spacial score (nSPS) is 28.0. The minimum atomic E-state index is -0.631. The van der Waals surface area contributed by atoms with Crippen LogP contribution < -0.4 is 0 Å². The first-order valence-electron chi connectivity index (χ1n) is 7.65. The summed E-state index contributed by atoms with van der Waals surface area (Å²) in [5.41, 5.74) is 0. The van der Waals surface area contributed by atoms with Crippen molar-refractivity contribution >= 4 is 0 Å². The van der Waals surface area contributed by atoms with Crippen molar-refractivity contribution in [1.29, 1.82) is 0 Å². The molecule has 0 aromatic rings. The molecule has 0 aromatic heterocycles. The fraction of sp³-hybridized carbons (Fsp3) is 1.00. The third-order valence-corrected chi connectivity index (χ3v) is 4.19. The summed E-state index contributed by atoms with van der Waals surface area (Å²) >= 11 is 0. The number of ether oxygens (including phenoxy) is 1. The molecule has 0 heterocycles. The van der Waals surface area contributed by atoms with Gasteiger partial charge in [-0.25, -0.2) is 0 Å². The summed E-state index contributed by atoms with van der Waals surface area (Å²) in [6.07, 6.45) is 7.36. The average Bonchev–Trinajstić information content (AvgIpc) is 2.39. The average molecular weight is 258 g/mol. The van der Waals surface area contributed by atoms with Crippen molar-refractivity contribution in [2.75, 3.05) is 6.61 Å². The molecule has 0 saturated heterocycles. The number of aliphatic hydroxyl groups excluding tert-OH is 2. The second-order valence-corrected chi connectivity index (χ2v) is 5.71. The molecule has 0 amide bonds. The molecule has 3 heteroatoms. The molecule has 1 aliphatic carbocycles. The molecule has 108 valence electrons. The van der Waals surface area contributed by atoms with Crippen LogP contribution in [0.5, 0.6) is 0 Å². The van der Waals surface area contributed by atoms with Gasteiger partial charge in [0.25, 0.3) is 0 Å². The van der Waals surface area contributed by atoms with Crippen LogP contribution in [0.25, 0.3) is 0 Å². The maximum absolute atomic E-state index is 10.0. The number of aliphatic hydroxyl groups is 2. The van der Waals surface area contributed by atoms with E-state index in [9.17, 15) is 10.2 Å². The van der Waals surface area contributed by atoms with Gasteiger partial charge in [-0.1, -0.05) is 33.1 Å². The minimum Gasteiger partial charge on any atom is -0.393 e. The summed E-state index contributed by atoms with van der Waals surface area (Å²) in [6, 6.07) is 0. The van der Waals surface area contributed by atoms with Crippen LogP contribution in [0.3, 0.4) is 0 Å². The van der Waals surface area contributed by atoms with Crippen molar-refractivity contribution in [3.05, 3.63) is 0 Å². The van der Waals surface area contributed by atoms with Gasteiger partial charge in [0.15, 0.2) is 6.29 Å². The fourth-order valence-electron chi connectivity index (χ4n) is 2.66. The highest BCUT2D eigenvalue weighted by atomic mass is 16.6. The fourth-order valence-corrected chi connectivity index (χ4v) is 2.66. The molecule has 2 atom stereocenters. The van der Waals surface area contributed by atoms with E-state index >= 15 is 0 Å². The van der Waals surface area contributed by atoms with Gasteiger partial charge in [-0.15, -0.1) is 0 Å². The van der Waals surface area contributed by atoms with E-state index in [-0.39, 0.29) is 12.0 Å². The van der Waals surface area contributed by atoms with Gasteiger partial charge in [0, 0.05) is 5.92 Å². The molecule has 0 aliphatic heterocycles. The molecule has 0 radical (unpaired) electrons. The third-order valence-electron chi connectivity index (χ3n) is 4.19. The lowest BCUT2D eigenvalue weighted by atomic mass is 9.87. The first-order chi connectivity index (χ1) is 8.67. The van der Waals surface area contributed by atoms with Crippen molar-refractivity contribution in [1.82, 2.24) is 0 Å². The Morgan fingerprint density at radius 1 is 1.17 bits per heavy atom. The van der Waals surface area contributed by atoms with E-state index in [1.165, 1.54) is 19.3 Å². The number of rotatable bonds is 8. The van der Waals surface area contributed by atoms with E-state index in [1.807, 2.05) is 0 Å². The first kappa shape index (κ1) is 15.9. The van der Waals surface area contributed by atoms with Gasteiger partial charge in [0.05, 0.1) is 12.7 Å². The van der Waals surface area contributed by atoms with Crippen LogP contribution in [0.4, 0.5) is 0 Å². The smallest absolute Gasteiger partial charge is 0.157 e. The monoisotopic (exact) mass is 258 g/mol. The Bertz CT molecular complexity index is 200. The van der Waals surface area contributed by atoms with Crippen LogP contribution in [-0.2, 0) is 4.74 Å². The standard InChI is InChI=1S/C15H30O3/c1-3-5-6-12(4-2)11-18-15(17)13-7-9-14(16)10-8-13/h12-17H,3-11H2,1-2H3. The second kappa shape index (κ2) is 8.89. The molecule has 1 aliphatic rings. The zero-order valence-electron chi connectivity index (χ0n) is 12.0. The molecular weight excluding hydrogens is 228 g/mol. The van der Waals surface area contributed by atoms with Crippen molar-refractivity contribution in [2.24, 2.45) is 11.8 Å². The van der Waals surface area contributed by atoms with Crippen LogP contribution in [0.1, 0.15) is 65.2 Å². The largest absolute Gasteiger partial charge is 0.393 e. The Labute approximate surface area is 112 Å². The van der Waals surface area contributed by atoms with Gasteiger partial charge in [-0.05, 0) is 38.0 Å². The predicted octanol–water partition coefficient (Wildman–Crippen LogP) is 3.09. The quantitative estimate of drug-likeness (QED) is 0.658. The van der Waals surface area contributed by atoms with E-state index in [2.05, 4.69) is 13.8 Å². The summed E-state index contributed by atoms with van der Waals surface area (Å²) in [5.74, 6) is 0.797. The van der Waals surface area contributed by atoms with Gasteiger partial charge in [0.2, 0.25) is 0 Å². The maximum Gasteiger partial charge on any atom is 0.157 e. The minimum absolute atomic E-state index is 0.165. The Morgan fingerprint density at radius 2 is 1.83 bits per heavy atom. The van der Waals surface area contributed by atoms with E-state index in [1.54, 1.807) is 0 Å². The first-order valence-corrected chi connectivity index (χ1v) is 7.65. The SMILES string of the molecule is CCCCC(CC)COC(O)C1CCC(O)CC1. The van der Waals surface area contributed by atoms with E-state index in [0.29, 0.717) is 12.5 Å². The lowest BCUT2D eigenvalue weighted by Gasteiger charge is -2.29. The van der Waals surface area contributed by atoms with Crippen LogP contribution >= 0.6 is 0 Å². The Morgan fingerprint density at radius 3 is 2.39 bits per heavy atom. The van der Waals surface area contributed by atoms with E-state index in [0.717, 1.165) is 32.1 Å². The third kappa shape index (κ3) is 5.68. The van der Waals surface area contributed by atoms with Crippen molar-refractivity contribution in [2.45, 2.75) is 77.6 Å². The Kier molecular flexibility index (Phi) is 7.87. The van der Waals surface area contributed by atoms with Gasteiger partial charge < -0.3 is 14.9 Å². The molecule has 0 spiro atoms. The van der Waals surface area contributed by atoms with Crippen LogP contribution in [0, 0.1) is 11.8 Å². The van der Waals surface area contributed by atoms with Crippen LogP contribution in [0.2, 0.25) is 0 Å². The van der Waals surface area contributed by atoms with E-state index in [4.69, 9.17) is 4.74 Å². The number of hydrogen-bond acceptors (Lipinski definition) is 3. The number of hydrogen-bond donors (Lipinski definition) is 2. The van der Waals surface area contributed by atoms with Gasteiger partial charge in [-0.2, -0.15) is 0 Å². The zero-order chi connectivity index (χ0) is 13.4. The van der Waals surface area contributed by atoms with Gasteiger partial charge >= 0.3 is 0 Å². The lowest BCUT2D eigenvalue weighted by Crippen LogP contribution is -2.30. The highest BCUT2D eigenvalue weighted by Crippen LogP contribution is 2.28. The maximum atomic E-state index is 10.0. The topological polar surface area (TPSA) is 49.7 Å². The Hall–Kier alpha value is -0.120. The van der Waals surface area contributed by atoms with E-state index < -0.39 is 6.29 Å². The highest BCUT2D eigenvalue weighted by molar-refractivity contribution is 4.73. The summed E-state index contributed by atoms with van der Waals surface area (Å²) in [5, 5.41) is 19.5. The molecule has 3 nitrogen and oxygen atoms in total. The highest BCUT2D eigenvalue weighted by Gasteiger charge is 2.26. The molecule has 18 heavy (non-hydrogen) atoms. The molecule has 2 unspecified atom stereocenters. The second-order valence-electron chi connectivity index (χ2n) is 5.71. The van der Waals surface area contributed by atoms with Crippen molar-refractivity contribution < 1.29 is 14.9 Å².